The first kappa shape index (κ1) is 20.8. The van der Waals surface area contributed by atoms with Gasteiger partial charge in [0.05, 0.1) is 0 Å². The van der Waals surface area contributed by atoms with Crippen LogP contribution in [-0.4, -0.2) is 26.8 Å². The summed E-state index contributed by atoms with van der Waals surface area (Å²) in [6.45, 7) is 4.94. The van der Waals surface area contributed by atoms with Gasteiger partial charge >= 0.3 is 0 Å². The van der Waals surface area contributed by atoms with E-state index in [9.17, 15) is 0 Å². The van der Waals surface area contributed by atoms with Crippen LogP contribution in [0.25, 0.3) is 16.7 Å². The number of piperidine rings is 1. The summed E-state index contributed by atoms with van der Waals surface area (Å²) in [6, 6.07) is 13.8. The molecule has 28 heavy (non-hydrogen) atoms. The summed E-state index contributed by atoms with van der Waals surface area (Å²) >= 11 is 0. The number of aryl methyl sites for hydroxylation is 1. The number of halogens is 1. The highest BCUT2D eigenvalue weighted by atomic mass is 19.1. The van der Waals surface area contributed by atoms with Crippen molar-refractivity contribution in [2.24, 2.45) is 5.92 Å². The molecule has 0 bridgehead atoms. The van der Waals surface area contributed by atoms with Crippen molar-refractivity contribution < 1.29 is 9.13 Å². The Bertz CT molecular complexity index is 793. The van der Waals surface area contributed by atoms with Crippen LogP contribution in [0.4, 0.5) is 4.39 Å². The second-order valence-corrected chi connectivity index (χ2v) is 7.54. The standard InChI is InChI=1S/C25H32FNO/c1-3-19-8-6-9-21(18-19)25-23(11-7-12-24(25)26)22(10-4-5-17-28-2)20-13-15-27-16-14-20/h6-12,18,20,27H,3-5,13-17H2,1-2H3/b22-10-. The summed E-state index contributed by atoms with van der Waals surface area (Å²) in [5.41, 5.74) is 5.31. The van der Waals surface area contributed by atoms with Gasteiger partial charge in [-0.25, -0.2) is 4.39 Å². The predicted molar refractivity (Wildman–Crippen MR) is 116 cm³/mol. The fourth-order valence-corrected chi connectivity index (χ4v) is 4.12. The van der Waals surface area contributed by atoms with Crippen LogP contribution < -0.4 is 5.32 Å². The van der Waals surface area contributed by atoms with Gasteiger partial charge in [-0.3, -0.25) is 0 Å². The number of rotatable bonds is 8. The molecular formula is C25H32FNO. The molecule has 0 unspecified atom stereocenters. The summed E-state index contributed by atoms with van der Waals surface area (Å²) < 4.78 is 20.3. The molecule has 1 N–H and O–H groups in total. The molecule has 3 rings (SSSR count). The first-order valence-corrected chi connectivity index (χ1v) is 10.5. The fourth-order valence-electron chi connectivity index (χ4n) is 4.12. The Labute approximate surface area is 168 Å². The molecule has 0 aromatic heterocycles. The average molecular weight is 382 g/mol. The number of hydrogen-bond donors (Lipinski definition) is 1. The minimum absolute atomic E-state index is 0.137. The smallest absolute Gasteiger partial charge is 0.131 e. The van der Waals surface area contributed by atoms with Crippen molar-refractivity contribution in [1.82, 2.24) is 5.32 Å². The van der Waals surface area contributed by atoms with Crippen molar-refractivity contribution in [2.45, 2.75) is 39.0 Å². The van der Waals surface area contributed by atoms with Gasteiger partial charge in [0.2, 0.25) is 0 Å². The van der Waals surface area contributed by atoms with Crippen molar-refractivity contribution in [3.8, 4) is 11.1 Å². The summed E-state index contributed by atoms with van der Waals surface area (Å²) in [5, 5.41) is 3.45. The molecule has 0 spiro atoms. The van der Waals surface area contributed by atoms with Crippen LogP contribution in [0.2, 0.25) is 0 Å². The Hall–Kier alpha value is -1.97. The number of ether oxygens (including phenoxy) is 1. The molecule has 0 amide bonds. The summed E-state index contributed by atoms with van der Waals surface area (Å²) in [6.07, 6.45) is 7.42. The van der Waals surface area contributed by atoms with Gasteiger partial charge in [0.25, 0.3) is 0 Å². The summed E-state index contributed by atoms with van der Waals surface area (Å²) in [4.78, 5) is 0. The zero-order valence-corrected chi connectivity index (χ0v) is 17.1. The van der Waals surface area contributed by atoms with E-state index in [-0.39, 0.29) is 5.82 Å². The second-order valence-electron chi connectivity index (χ2n) is 7.54. The number of hydrogen-bond acceptors (Lipinski definition) is 2. The molecule has 1 heterocycles. The van der Waals surface area contributed by atoms with Gasteiger partial charge in [-0.1, -0.05) is 49.4 Å². The maximum atomic E-state index is 15.1. The van der Waals surface area contributed by atoms with E-state index in [1.54, 1.807) is 13.2 Å². The maximum Gasteiger partial charge on any atom is 0.131 e. The van der Waals surface area contributed by atoms with Gasteiger partial charge < -0.3 is 10.1 Å². The van der Waals surface area contributed by atoms with E-state index in [1.165, 1.54) is 11.1 Å². The average Bonchev–Trinajstić information content (AvgIpc) is 2.74. The monoisotopic (exact) mass is 381 g/mol. The van der Waals surface area contributed by atoms with Crippen LogP contribution in [0.15, 0.2) is 48.5 Å². The third-order valence-corrected chi connectivity index (χ3v) is 5.64. The lowest BCUT2D eigenvalue weighted by Crippen LogP contribution is -2.28. The van der Waals surface area contributed by atoms with E-state index >= 15 is 4.39 Å². The van der Waals surface area contributed by atoms with E-state index in [0.717, 1.165) is 68.5 Å². The number of nitrogens with one attached hydrogen (secondary N) is 1. The van der Waals surface area contributed by atoms with Gasteiger partial charge in [-0.2, -0.15) is 0 Å². The van der Waals surface area contributed by atoms with Gasteiger partial charge in [-0.05, 0) is 79.4 Å². The Morgan fingerprint density at radius 3 is 2.71 bits per heavy atom. The molecule has 1 aliphatic heterocycles. The third-order valence-electron chi connectivity index (χ3n) is 5.64. The largest absolute Gasteiger partial charge is 0.385 e. The lowest BCUT2D eigenvalue weighted by atomic mass is 9.81. The minimum Gasteiger partial charge on any atom is -0.385 e. The molecule has 0 radical (unpaired) electrons. The van der Waals surface area contributed by atoms with E-state index < -0.39 is 0 Å². The SMILES string of the molecule is CCc1cccc(-c2c(F)cccc2/C(=C\CCCOC)C2CCNCC2)c1. The molecule has 2 aromatic rings. The fraction of sp³-hybridized carbons (Fsp3) is 0.440. The van der Waals surface area contributed by atoms with Gasteiger partial charge in [0, 0.05) is 19.3 Å². The third kappa shape index (κ3) is 5.09. The topological polar surface area (TPSA) is 21.3 Å². The van der Waals surface area contributed by atoms with Crippen LogP contribution >= 0.6 is 0 Å². The Morgan fingerprint density at radius 2 is 1.96 bits per heavy atom. The van der Waals surface area contributed by atoms with Crippen molar-refractivity contribution in [1.29, 1.82) is 0 Å². The van der Waals surface area contributed by atoms with Gasteiger partial charge in [0.1, 0.15) is 5.82 Å². The van der Waals surface area contributed by atoms with Gasteiger partial charge in [0.15, 0.2) is 0 Å². The number of methoxy groups -OCH3 is 1. The maximum absolute atomic E-state index is 15.1. The van der Waals surface area contributed by atoms with Crippen molar-refractivity contribution >= 4 is 5.57 Å². The molecule has 150 valence electrons. The molecule has 0 aliphatic carbocycles. The molecule has 1 saturated heterocycles. The van der Waals surface area contributed by atoms with E-state index in [4.69, 9.17) is 4.74 Å². The molecule has 1 fully saturated rings. The van der Waals surface area contributed by atoms with Crippen LogP contribution in [0.3, 0.4) is 0 Å². The van der Waals surface area contributed by atoms with Crippen molar-refractivity contribution in [3.63, 3.8) is 0 Å². The number of allylic oxidation sites excluding steroid dienone is 2. The first-order valence-electron chi connectivity index (χ1n) is 10.5. The lowest BCUT2D eigenvalue weighted by Gasteiger charge is -2.27. The Morgan fingerprint density at radius 1 is 1.18 bits per heavy atom. The molecule has 2 nitrogen and oxygen atoms in total. The summed E-state index contributed by atoms with van der Waals surface area (Å²) in [7, 11) is 1.74. The zero-order valence-electron chi connectivity index (χ0n) is 17.1. The second kappa shape index (κ2) is 10.5. The van der Waals surface area contributed by atoms with Crippen LogP contribution in [0.5, 0.6) is 0 Å². The van der Waals surface area contributed by atoms with Crippen molar-refractivity contribution in [2.75, 3.05) is 26.8 Å². The molecule has 3 heteroatoms. The van der Waals surface area contributed by atoms with E-state index in [1.807, 2.05) is 18.2 Å². The molecule has 1 aliphatic rings. The van der Waals surface area contributed by atoms with E-state index in [2.05, 4.69) is 36.5 Å². The minimum atomic E-state index is -0.137. The number of benzene rings is 2. The molecule has 0 saturated carbocycles. The van der Waals surface area contributed by atoms with Crippen LogP contribution in [0.1, 0.15) is 43.7 Å². The zero-order chi connectivity index (χ0) is 19.8. The highest BCUT2D eigenvalue weighted by Crippen LogP contribution is 2.38. The quantitative estimate of drug-likeness (QED) is 0.578. The Balaban J connectivity index is 2.05. The highest BCUT2D eigenvalue weighted by Gasteiger charge is 2.22. The van der Waals surface area contributed by atoms with Crippen LogP contribution in [0, 0.1) is 11.7 Å². The normalized spacial score (nSPS) is 15.8. The highest BCUT2D eigenvalue weighted by molar-refractivity contribution is 5.83. The first-order chi connectivity index (χ1) is 13.7. The summed E-state index contributed by atoms with van der Waals surface area (Å²) in [5.74, 6) is 0.334. The van der Waals surface area contributed by atoms with Crippen molar-refractivity contribution in [3.05, 3.63) is 65.5 Å². The molecular weight excluding hydrogens is 349 g/mol. The van der Waals surface area contributed by atoms with Crippen LogP contribution in [-0.2, 0) is 11.2 Å². The Kier molecular flexibility index (Phi) is 7.81. The molecule has 0 atom stereocenters. The van der Waals surface area contributed by atoms with Gasteiger partial charge in [-0.15, -0.1) is 0 Å². The molecule has 2 aromatic carbocycles. The lowest BCUT2D eigenvalue weighted by molar-refractivity contribution is 0.196. The number of unbranched alkanes of at least 4 members (excludes halogenated alkanes) is 1. The van der Waals surface area contributed by atoms with E-state index in [0.29, 0.717) is 5.92 Å². The predicted octanol–water partition coefficient (Wildman–Crippen LogP) is 5.86.